The van der Waals surface area contributed by atoms with Gasteiger partial charge in [0, 0.05) is 20.0 Å². The fraction of sp³-hybridized carbons (Fsp3) is 0.947. The minimum atomic E-state index is 0.509. The maximum atomic E-state index is 11.4. The third-order valence-electron chi connectivity index (χ3n) is 6.79. The van der Waals surface area contributed by atoms with Gasteiger partial charge in [-0.05, 0) is 87.9 Å². The molecule has 3 rings (SSSR count). The van der Waals surface area contributed by atoms with Crippen molar-refractivity contribution in [1.29, 1.82) is 0 Å². The predicted molar refractivity (Wildman–Crippen MR) is 85.2 cm³/mol. The maximum Gasteiger partial charge on any atom is 0.132 e. The lowest BCUT2D eigenvalue weighted by Gasteiger charge is -2.40. The molecule has 3 aliphatic carbocycles. The van der Waals surface area contributed by atoms with Crippen molar-refractivity contribution in [2.24, 2.45) is 23.7 Å². The van der Waals surface area contributed by atoms with E-state index in [1.54, 1.807) is 0 Å². The second-order valence-electron chi connectivity index (χ2n) is 7.82. The molecule has 3 fully saturated rings. The van der Waals surface area contributed by atoms with E-state index in [1.165, 1.54) is 64.2 Å². The smallest absolute Gasteiger partial charge is 0.132 e. The first-order valence-corrected chi connectivity index (χ1v) is 9.30. The molecule has 2 nitrogen and oxygen atoms in total. The molecule has 0 aliphatic heterocycles. The Morgan fingerprint density at radius 2 is 1.05 bits per heavy atom. The zero-order valence-corrected chi connectivity index (χ0v) is 13.7. The van der Waals surface area contributed by atoms with Crippen LogP contribution in [0.4, 0.5) is 0 Å². The fourth-order valence-corrected chi connectivity index (χ4v) is 5.32. The van der Waals surface area contributed by atoms with Gasteiger partial charge in [-0.15, -0.1) is 0 Å². The summed E-state index contributed by atoms with van der Waals surface area (Å²) in [6.07, 6.45) is 15.8. The molecule has 2 heteroatoms. The Kier molecular flexibility index (Phi) is 5.37. The van der Waals surface area contributed by atoms with Crippen LogP contribution in [-0.4, -0.2) is 19.0 Å². The van der Waals surface area contributed by atoms with Crippen LogP contribution in [0.2, 0.25) is 0 Å². The van der Waals surface area contributed by atoms with E-state index in [9.17, 15) is 4.79 Å². The van der Waals surface area contributed by atoms with Crippen molar-refractivity contribution in [3.8, 4) is 0 Å². The van der Waals surface area contributed by atoms with E-state index in [1.807, 2.05) is 7.11 Å². The molecule has 0 aromatic heterocycles. The Morgan fingerprint density at radius 1 is 0.667 bits per heavy atom. The van der Waals surface area contributed by atoms with Crippen molar-refractivity contribution < 1.29 is 9.53 Å². The minimum absolute atomic E-state index is 0.509. The highest BCUT2D eigenvalue weighted by atomic mass is 16.5. The number of ketones is 1. The Hall–Kier alpha value is -0.370. The highest BCUT2D eigenvalue weighted by Crippen LogP contribution is 2.44. The van der Waals surface area contributed by atoms with Crippen LogP contribution < -0.4 is 0 Å². The number of methoxy groups -OCH3 is 1. The van der Waals surface area contributed by atoms with Crippen molar-refractivity contribution in [3.05, 3.63) is 0 Å². The van der Waals surface area contributed by atoms with Gasteiger partial charge < -0.3 is 4.74 Å². The highest BCUT2D eigenvalue weighted by molar-refractivity contribution is 5.79. The molecule has 120 valence electrons. The van der Waals surface area contributed by atoms with Gasteiger partial charge in [0.15, 0.2) is 0 Å². The third kappa shape index (κ3) is 3.88. The molecule has 0 aromatic rings. The normalized spacial score (nSPS) is 39.4. The Labute approximate surface area is 130 Å². The van der Waals surface area contributed by atoms with Crippen molar-refractivity contribution in [2.75, 3.05) is 7.11 Å². The van der Waals surface area contributed by atoms with Crippen LogP contribution in [0.3, 0.4) is 0 Å². The summed E-state index contributed by atoms with van der Waals surface area (Å²) in [4.78, 5) is 11.4. The van der Waals surface area contributed by atoms with Crippen LogP contribution in [0.5, 0.6) is 0 Å². The molecule has 0 heterocycles. The molecule has 0 N–H and O–H groups in total. The Balaban J connectivity index is 1.42. The largest absolute Gasteiger partial charge is 0.381 e. The number of carbonyl (C=O) groups excluding carboxylic acids is 1. The van der Waals surface area contributed by atoms with E-state index in [4.69, 9.17) is 4.74 Å². The Morgan fingerprint density at radius 3 is 1.48 bits per heavy atom. The van der Waals surface area contributed by atoms with Gasteiger partial charge in [0.2, 0.25) is 0 Å². The van der Waals surface area contributed by atoms with Gasteiger partial charge in [-0.1, -0.05) is 0 Å². The van der Waals surface area contributed by atoms with Crippen LogP contribution in [0.15, 0.2) is 0 Å². The van der Waals surface area contributed by atoms with Gasteiger partial charge in [0.05, 0.1) is 6.10 Å². The van der Waals surface area contributed by atoms with E-state index in [0.717, 1.165) is 36.5 Å². The summed E-state index contributed by atoms with van der Waals surface area (Å²) in [6.45, 7) is 0. The van der Waals surface area contributed by atoms with Crippen molar-refractivity contribution in [1.82, 2.24) is 0 Å². The first-order chi connectivity index (χ1) is 10.3. The molecular weight excluding hydrogens is 260 g/mol. The second kappa shape index (κ2) is 7.26. The number of rotatable bonds is 3. The predicted octanol–water partition coefficient (Wildman–Crippen LogP) is 4.76. The molecule has 3 saturated carbocycles. The minimum Gasteiger partial charge on any atom is -0.381 e. The van der Waals surface area contributed by atoms with Crippen LogP contribution in [0.25, 0.3) is 0 Å². The molecule has 0 atom stereocenters. The lowest BCUT2D eigenvalue weighted by molar-refractivity contribution is -0.121. The standard InChI is InChI=1S/C19H32O2/c1-21-19-12-8-17(9-13-19)15-4-2-14(3-5-15)16-6-10-18(20)11-7-16/h14-17,19H,2-13H2,1H3. The van der Waals surface area contributed by atoms with E-state index >= 15 is 0 Å². The molecular formula is C19H32O2. The summed E-state index contributed by atoms with van der Waals surface area (Å²) in [5.74, 6) is 4.28. The van der Waals surface area contributed by atoms with Crippen molar-refractivity contribution in [2.45, 2.75) is 83.2 Å². The lowest BCUT2D eigenvalue weighted by atomic mass is 9.66. The van der Waals surface area contributed by atoms with Crippen LogP contribution in [-0.2, 0) is 9.53 Å². The molecule has 0 spiro atoms. The van der Waals surface area contributed by atoms with E-state index < -0.39 is 0 Å². The molecule has 0 amide bonds. The van der Waals surface area contributed by atoms with Gasteiger partial charge >= 0.3 is 0 Å². The molecule has 0 radical (unpaired) electrons. The van der Waals surface area contributed by atoms with Gasteiger partial charge in [0.1, 0.15) is 5.78 Å². The topological polar surface area (TPSA) is 26.3 Å². The number of hydrogen-bond donors (Lipinski definition) is 0. The molecule has 0 saturated heterocycles. The van der Waals surface area contributed by atoms with Crippen LogP contribution in [0, 0.1) is 23.7 Å². The molecule has 0 unspecified atom stereocenters. The second-order valence-corrected chi connectivity index (χ2v) is 7.82. The first-order valence-electron chi connectivity index (χ1n) is 9.30. The third-order valence-corrected chi connectivity index (χ3v) is 6.79. The monoisotopic (exact) mass is 292 g/mol. The van der Waals surface area contributed by atoms with Crippen LogP contribution in [0.1, 0.15) is 77.0 Å². The average Bonchev–Trinajstić information content (AvgIpc) is 2.56. The van der Waals surface area contributed by atoms with Gasteiger partial charge in [-0.25, -0.2) is 0 Å². The van der Waals surface area contributed by atoms with Crippen LogP contribution >= 0.6 is 0 Å². The number of ether oxygens (including phenoxy) is 1. The zero-order valence-electron chi connectivity index (χ0n) is 13.7. The van der Waals surface area contributed by atoms with Gasteiger partial charge in [0.25, 0.3) is 0 Å². The van der Waals surface area contributed by atoms with E-state index in [2.05, 4.69) is 0 Å². The lowest BCUT2D eigenvalue weighted by Crippen LogP contribution is -2.30. The summed E-state index contributed by atoms with van der Waals surface area (Å²) in [6, 6.07) is 0. The maximum absolute atomic E-state index is 11.4. The summed E-state index contributed by atoms with van der Waals surface area (Å²) in [7, 11) is 1.87. The molecule has 3 aliphatic rings. The van der Waals surface area contributed by atoms with E-state index in [0.29, 0.717) is 11.9 Å². The van der Waals surface area contributed by atoms with Gasteiger partial charge in [-0.2, -0.15) is 0 Å². The number of Topliss-reactive ketones (excluding diaryl/α,β-unsaturated/α-hetero) is 1. The summed E-state index contributed by atoms with van der Waals surface area (Å²) >= 11 is 0. The zero-order chi connectivity index (χ0) is 14.7. The number of hydrogen-bond acceptors (Lipinski definition) is 2. The quantitative estimate of drug-likeness (QED) is 0.750. The summed E-state index contributed by atoms with van der Waals surface area (Å²) in [5, 5.41) is 0. The summed E-state index contributed by atoms with van der Waals surface area (Å²) < 4.78 is 5.50. The number of carbonyl (C=O) groups is 1. The van der Waals surface area contributed by atoms with Gasteiger partial charge in [-0.3, -0.25) is 4.79 Å². The molecule has 0 aromatic carbocycles. The van der Waals surface area contributed by atoms with E-state index in [-0.39, 0.29) is 0 Å². The average molecular weight is 292 g/mol. The molecule has 21 heavy (non-hydrogen) atoms. The fourth-order valence-electron chi connectivity index (χ4n) is 5.32. The first kappa shape index (κ1) is 15.5. The Bertz CT molecular complexity index is 325. The highest BCUT2D eigenvalue weighted by Gasteiger charge is 2.34. The van der Waals surface area contributed by atoms with Crippen molar-refractivity contribution >= 4 is 5.78 Å². The van der Waals surface area contributed by atoms with Crippen molar-refractivity contribution in [3.63, 3.8) is 0 Å². The summed E-state index contributed by atoms with van der Waals surface area (Å²) in [5.41, 5.74) is 0. The molecule has 0 bridgehead atoms. The SMILES string of the molecule is COC1CCC(C2CCC(C3CCC(=O)CC3)CC2)CC1.